The summed E-state index contributed by atoms with van der Waals surface area (Å²) in [4.78, 5) is 22.3. The SMILES string of the molecule is NC(=O)C(O)(c1ccccc1)c1cccc(Oc2ccc([N+](=O)[O-])cc2)c1. The second-order valence-corrected chi connectivity index (χ2v) is 5.82. The van der Waals surface area contributed by atoms with Gasteiger partial charge in [-0.05, 0) is 29.8 Å². The van der Waals surface area contributed by atoms with Crippen LogP contribution in [0.4, 0.5) is 5.69 Å². The minimum atomic E-state index is -2.02. The summed E-state index contributed by atoms with van der Waals surface area (Å²) < 4.78 is 5.68. The van der Waals surface area contributed by atoms with Crippen molar-refractivity contribution < 1.29 is 19.6 Å². The van der Waals surface area contributed by atoms with Crippen molar-refractivity contribution in [1.29, 1.82) is 0 Å². The van der Waals surface area contributed by atoms with Gasteiger partial charge in [-0.25, -0.2) is 0 Å². The van der Waals surface area contributed by atoms with E-state index in [0.717, 1.165) is 0 Å². The second kappa shape index (κ2) is 7.27. The molecule has 0 aromatic heterocycles. The molecule has 0 bridgehead atoms. The van der Waals surface area contributed by atoms with Crippen molar-refractivity contribution in [3.8, 4) is 11.5 Å². The third-order valence-electron chi connectivity index (χ3n) is 4.08. The van der Waals surface area contributed by atoms with Gasteiger partial charge in [-0.15, -0.1) is 0 Å². The molecular weight excluding hydrogens is 348 g/mol. The van der Waals surface area contributed by atoms with Gasteiger partial charge in [0.2, 0.25) is 0 Å². The van der Waals surface area contributed by atoms with Crippen LogP contribution in [0.2, 0.25) is 0 Å². The third kappa shape index (κ3) is 3.63. The molecule has 0 spiro atoms. The van der Waals surface area contributed by atoms with Crippen LogP contribution in [0, 0.1) is 10.1 Å². The van der Waals surface area contributed by atoms with Crippen LogP contribution in [0.25, 0.3) is 0 Å². The van der Waals surface area contributed by atoms with Crippen LogP contribution in [0.5, 0.6) is 11.5 Å². The molecule has 0 saturated carbocycles. The molecule has 136 valence electrons. The van der Waals surface area contributed by atoms with E-state index in [1.54, 1.807) is 48.5 Å². The monoisotopic (exact) mass is 364 g/mol. The lowest BCUT2D eigenvalue weighted by molar-refractivity contribution is -0.384. The Labute approximate surface area is 154 Å². The molecule has 0 aliphatic rings. The van der Waals surface area contributed by atoms with Crippen LogP contribution in [-0.2, 0) is 10.4 Å². The topological polar surface area (TPSA) is 116 Å². The Hall–Kier alpha value is -3.71. The van der Waals surface area contributed by atoms with Crippen LogP contribution >= 0.6 is 0 Å². The van der Waals surface area contributed by atoms with Crippen LogP contribution in [-0.4, -0.2) is 15.9 Å². The van der Waals surface area contributed by atoms with Gasteiger partial charge >= 0.3 is 0 Å². The molecule has 0 radical (unpaired) electrons. The van der Waals surface area contributed by atoms with E-state index in [9.17, 15) is 20.0 Å². The normalized spacial score (nSPS) is 12.8. The largest absolute Gasteiger partial charge is 0.457 e. The minimum absolute atomic E-state index is 0.0525. The molecule has 0 fully saturated rings. The number of nitro groups is 1. The van der Waals surface area contributed by atoms with Crippen LogP contribution in [0.1, 0.15) is 11.1 Å². The Balaban J connectivity index is 1.94. The number of aliphatic hydroxyl groups is 1. The van der Waals surface area contributed by atoms with Crippen molar-refractivity contribution >= 4 is 11.6 Å². The number of non-ortho nitro benzene ring substituents is 1. The maximum atomic E-state index is 12.1. The van der Waals surface area contributed by atoms with E-state index in [4.69, 9.17) is 10.5 Å². The summed E-state index contributed by atoms with van der Waals surface area (Å²) >= 11 is 0. The zero-order valence-corrected chi connectivity index (χ0v) is 14.1. The quantitative estimate of drug-likeness (QED) is 0.515. The standard InChI is InChI=1S/C20H16N2O5/c21-19(23)20(24,14-5-2-1-3-6-14)15-7-4-8-18(13-15)27-17-11-9-16(10-12-17)22(25)26/h1-13,24H,(H2,21,23). The molecule has 3 aromatic rings. The molecule has 27 heavy (non-hydrogen) atoms. The number of ether oxygens (including phenoxy) is 1. The molecule has 1 atom stereocenters. The van der Waals surface area contributed by atoms with E-state index in [0.29, 0.717) is 17.1 Å². The summed E-state index contributed by atoms with van der Waals surface area (Å²) in [6, 6.07) is 20.3. The lowest BCUT2D eigenvalue weighted by atomic mass is 9.85. The average Bonchev–Trinajstić information content (AvgIpc) is 2.68. The summed E-state index contributed by atoms with van der Waals surface area (Å²) in [5.74, 6) is -0.196. The van der Waals surface area contributed by atoms with Gasteiger partial charge in [0.15, 0.2) is 5.60 Å². The van der Waals surface area contributed by atoms with Gasteiger partial charge in [-0.2, -0.15) is 0 Å². The van der Waals surface area contributed by atoms with E-state index in [1.165, 1.54) is 30.3 Å². The van der Waals surface area contributed by atoms with Crippen molar-refractivity contribution in [3.63, 3.8) is 0 Å². The molecule has 1 amide bonds. The summed E-state index contributed by atoms with van der Waals surface area (Å²) in [5.41, 5.74) is 4.01. The first-order valence-electron chi connectivity index (χ1n) is 8.02. The molecule has 3 aromatic carbocycles. The number of primary amides is 1. The Kier molecular flexibility index (Phi) is 4.87. The zero-order valence-electron chi connectivity index (χ0n) is 14.1. The number of nitrogens with two attached hydrogens (primary N) is 1. The van der Waals surface area contributed by atoms with Crippen molar-refractivity contribution in [3.05, 3.63) is 100 Å². The Morgan fingerprint density at radius 3 is 2.15 bits per heavy atom. The number of amides is 1. The van der Waals surface area contributed by atoms with E-state index in [1.807, 2.05) is 0 Å². The molecule has 0 aliphatic heterocycles. The van der Waals surface area contributed by atoms with Gasteiger partial charge in [-0.1, -0.05) is 42.5 Å². The van der Waals surface area contributed by atoms with E-state index in [-0.39, 0.29) is 11.3 Å². The Morgan fingerprint density at radius 1 is 0.926 bits per heavy atom. The summed E-state index contributed by atoms with van der Waals surface area (Å²) in [6.07, 6.45) is 0. The number of rotatable bonds is 6. The predicted octanol–water partition coefficient (Wildman–Crippen LogP) is 3.11. The highest BCUT2D eigenvalue weighted by Gasteiger charge is 2.38. The fourth-order valence-electron chi connectivity index (χ4n) is 2.69. The van der Waals surface area contributed by atoms with Gasteiger partial charge in [0, 0.05) is 17.7 Å². The van der Waals surface area contributed by atoms with Crippen molar-refractivity contribution in [2.45, 2.75) is 5.60 Å². The number of nitrogens with zero attached hydrogens (tertiary/aromatic N) is 1. The molecule has 0 heterocycles. The average molecular weight is 364 g/mol. The lowest BCUT2D eigenvalue weighted by Gasteiger charge is -2.26. The predicted molar refractivity (Wildman–Crippen MR) is 98.2 cm³/mol. The lowest BCUT2D eigenvalue weighted by Crippen LogP contribution is -2.42. The summed E-state index contributed by atoms with van der Waals surface area (Å²) in [6.45, 7) is 0. The highest BCUT2D eigenvalue weighted by molar-refractivity contribution is 5.88. The first-order valence-corrected chi connectivity index (χ1v) is 8.02. The van der Waals surface area contributed by atoms with Gasteiger partial charge in [-0.3, -0.25) is 14.9 Å². The zero-order chi connectivity index (χ0) is 19.4. The smallest absolute Gasteiger partial charge is 0.269 e. The maximum absolute atomic E-state index is 12.1. The van der Waals surface area contributed by atoms with Crippen molar-refractivity contribution in [2.24, 2.45) is 5.73 Å². The minimum Gasteiger partial charge on any atom is -0.457 e. The molecule has 3 rings (SSSR count). The van der Waals surface area contributed by atoms with E-state index in [2.05, 4.69) is 0 Å². The molecular formula is C20H16N2O5. The highest BCUT2D eigenvalue weighted by atomic mass is 16.6. The van der Waals surface area contributed by atoms with Crippen LogP contribution in [0.15, 0.2) is 78.9 Å². The van der Waals surface area contributed by atoms with Crippen molar-refractivity contribution in [1.82, 2.24) is 0 Å². The molecule has 0 aliphatic carbocycles. The molecule has 7 nitrogen and oxygen atoms in total. The van der Waals surface area contributed by atoms with Crippen molar-refractivity contribution in [2.75, 3.05) is 0 Å². The van der Waals surface area contributed by atoms with Crippen LogP contribution in [0.3, 0.4) is 0 Å². The number of nitro benzene ring substituents is 1. The molecule has 1 unspecified atom stereocenters. The maximum Gasteiger partial charge on any atom is 0.269 e. The molecule has 7 heteroatoms. The van der Waals surface area contributed by atoms with E-state index < -0.39 is 16.4 Å². The summed E-state index contributed by atoms with van der Waals surface area (Å²) in [7, 11) is 0. The second-order valence-electron chi connectivity index (χ2n) is 5.82. The molecule has 0 saturated heterocycles. The Bertz CT molecular complexity index is 973. The van der Waals surface area contributed by atoms with Crippen LogP contribution < -0.4 is 10.5 Å². The van der Waals surface area contributed by atoms with Gasteiger partial charge in [0.05, 0.1) is 4.92 Å². The summed E-state index contributed by atoms with van der Waals surface area (Å²) in [5, 5.41) is 21.7. The third-order valence-corrected chi connectivity index (χ3v) is 4.08. The fraction of sp³-hybridized carbons (Fsp3) is 0.0500. The first-order chi connectivity index (χ1) is 12.9. The highest BCUT2D eigenvalue weighted by Crippen LogP contribution is 2.33. The van der Waals surface area contributed by atoms with Gasteiger partial charge in [0.1, 0.15) is 11.5 Å². The fourth-order valence-corrected chi connectivity index (χ4v) is 2.69. The number of hydrogen-bond donors (Lipinski definition) is 2. The first kappa shape index (κ1) is 18.1. The Morgan fingerprint density at radius 2 is 1.56 bits per heavy atom. The molecule has 3 N–H and O–H groups in total. The van der Waals surface area contributed by atoms with E-state index >= 15 is 0 Å². The number of carbonyl (C=O) groups is 1. The number of carbonyl (C=O) groups excluding carboxylic acids is 1. The van der Waals surface area contributed by atoms with Gasteiger partial charge in [0.25, 0.3) is 11.6 Å². The number of hydrogen-bond acceptors (Lipinski definition) is 5. The van der Waals surface area contributed by atoms with Gasteiger partial charge < -0.3 is 15.6 Å². The number of benzene rings is 3.